The van der Waals surface area contributed by atoms with Gasteiger partial charge < -0.3 is 15.8 Å². The van der Waals surface area contributed by atoms with Crippen molar-refractivity contribution in [3.63, 3.8) is 0 Å². The van der Waals surface area contributed by atoms with E-state index in [1.54, 1.807) is 18.2 Å². The average Bonchev–Trinajstić information content (AvgIpc) is 2.62. The van der Waals surface area contributed by atoms with Crippen molar-refractivity contribution in [2.45, 2.75) is 4.90 Å². The minimum atomic E-state index is -0.574. The van der Waals surface area contributed by atoms with Gasteiger partial charge in [0.15, 0.2) is 0 Å². The second kappa shape index (κ2) is 9.46. The Labute approximate surface area is 162 Å². The number of nitrogens with zero attached hydrogens (tertiary/aromatic N) is 2. The molecule has 0 saturated heterocycles. The molecule has 2 rings (SSSR count). The summed E-state index contributed by atoms with van der Waals surface area (Å²) in [4.78, 5) is 10.9. The number of alkyl halides is 1. The smallest absolute Gasteiger partial charge is 0.271 e. The summed E-state index contributed by atoms with van der Waals surface area (Å²) in [6.07, 6.45) is 0. The Morgan fingerprint density at radius 3 is 2.54 bits per heavy atom. The molecule has 0 heterocycles. The van der Waals surface area contributed by atoms with E-state index in [2.05, 4.69) is 15.8 Å². The molecule has 0 aromatic heterocycles. The molecule has 0 spiro atoms. The molecule has 0 aliphatic heterocycles. The molecule has 2 aromatic carbocycles. The molecule has 0 atom stereocenters. The van der Waals surface area contributed by atoms with Crippen LogP contribution in [0.1, 0.15) is 0 Å². The number of oxime groups is 1. The van der Waals surface area contributed by atoms with Crippen molar-refractivity contribution in [2.75, 3.05) is 23.1 Å². The van der Waals surface area contributed by atoms with Gasteiger partial charge in [-0.2, -0.15) is 0 Å². The van der Waals surface area contributed by atoms with Crippen LogP contribution in [0.4, 0.5) is 21.5 Å². The van der Waals surface area contributed by atoms with Gasteiger partial charge in [-0.15, -0.1) is 11.8 Å². The fraction of sp³-hybridized carbons (Fsp3) is 0.133. The van der Waals surface area contributed by atoms with Crippen molar-refractivity contribution in [3.05, 3.63) is 56.6 Å². The molecule has 0 unspecified atom stereocenters. The standard InChI is InChI=1S/C15H13Cl2FN4O3S/c16-11-3-2-10(26-6-5-18)8-14(11)20-15(21-23)19-13-4-1-9(22(24)25)7-12(13)17/h1-4,7-8,23H,5-6H2,(H2,19,20,21). The number of halogens is 3. The van der Waals surface area contributed by atoms with Crippen molar-refractivity contribution in [1.29, 1.82) is 0 Å². The van der Waals surface area contributed by atoms with E-state index >= 15 is 0 Å². The fourth-order valence-electron chi connectivity index (χ4n) is 1.90. The number of non-ortho nitro benzene ring substituents is 1. The van der Waals surface area contributed by atoms with Gasteiger partial charge in [-0.3, -0.25) is 14.5 Å². The summed E-state index contributed by atoms with van der Waals surface area (Å²) in [5.74, 6) is 0.203. The Bertz CT molecular complexity index is 839. The van der Waals surface area contributed by atoms with Crippen LogP contribution < -0.4 is 10.6 Å². The Kier molecular flexibility index (Phi) is 7.31. The molecule has 0 aliphatic carbocycles. The summed E-state index contributed by atoms with van der Waals surface area (Å²) >= 11 is 13.4. The number of nitrogens with one attached hydrogen (secondary N) is 2. The third kappa shape index (κ3) is 5.38. The zero-order valence-electron chi connectivity index (χ0n) is 13.1. The molecule has 0 bridgehead atoms. The van der Waals surface area contributed by atoms with Crippen LogP contribution in [0.5, 0.6) is 0 Å². The number of nitro groups is 1. The molecule has 3 N–H and O–H groups in total. The van der Waals surface area contributed by atoms with Crippen LogP contribution in [-0.4, -0.2) is 28.5 Å². The van der Waals surface area contributed by atoms with E-state index in [4.69, 9.17) is 23.2 Å². The number of hydrogen-bond donors (Lipinski definition) is 3. The van der Waals surface area contributed by atoms with Gasteiger partial charge in [-0.25, -0.2) is 0 Å². The maximum atomic E-state index is 12.3. The van der Waals surface area contributed by atoms with Crippen molar-refractivity contribution in [3.8, 4) is 0 Å². The van der Waals surface area contributed by atoms with Crippen LogP contribution in [0.3, 0.4) is 0 Å². The first-order valence-corrected chi connectivity index (χ1v) is 8.87. The monoisotopic (exact) mass is 418 g/mol. The second-order valence-electron chi connectivity index (χ2n) is 4.80. The van der Waals surface area contributed by atoms with Crippen LogP contribution in [0.25, 0.3) is 0 Å². The zero-order chi connectivity index (χ0) is 19.1. The van der Waals surface area contributed by atoms with Crippen molar-refractivity contribution >= 4 is 58.0 Å². The molecular formula is C15H13Cl2FN4O3S. The molecule has 0 aliphatic rings. The predicted molar refractivity (Wildman–Crippen MR) is 103 cm³/mol. The van der Waals surface area contributed by atoms with Crippen molar-refractivity contribution < 1.29 is 14.5 Å². The molecule has 0 amide bonds. The summed E-state index contributed by atoms with van der Waals surface area (Å²) in [7, 11) is 0. The Morgan fingerprint density at radius 2 is 1.92 bits per heavy atom. The largest absolute Gasteiger partial charge is 0.408 e. The Hall–Kier alpha value is -2.23. The maximum absolute atomic E-state index is 12.3. The quantitative estimate of drug-likeness (QED) is 0.148. The topological polar surface area (TPSA) is 99.8 Å². The molecule has 0 radical (unpaired) electrons. The van der Waals surface area contributed by atoms with Crippen LogP contribution in [0.15, 0.2) is 46.4 Å². The van der Waals surface area contributed by atoms with E-state index in [0.29, 0.717) is 16.5 Å². The van der Waals surface area contributed by atoms with Gasteiger partial charge in [0, 0.05) is 22.8 Å². The van der Waals surface area contributed by atoms with Gasteiger partial charge in [0.25, 0.3) is 5.69 Å². The molecule has 7 nitrogen and oxygen atoms in total. The summed E-state index contributed by atoms with van der Waals surface area (Å²) < 4.78 is 12.3. The van der Waals surface area contributed by atoms with Crippen LogP contribution in [0, 0.1) is 10.1 Å². The van der Waals surface area contributed by atoms with Crippen molar-refractivity contribution in [1.82, 2.24) is 0 Å². The lowest BCUT2D eigenvalue weighted by Gasteiger charge is -2.13. The first-order valence-electron chi connectivity index (χ1n) is 7.13. The first-order chi connectivity index (χ1) is 12.4. The maximum Gasteiger partial charge on any atom is 0.271 e. The lowest BCUT2D eigenvalue weighted by molar-refractivity contribution is -0.384. The van der Waals surface area contributed by atoms with Gasteiger partial charge in [-0.05, 0) is 24.3 Å². The number of benzene rings is 2. The second-order valence-corrected chi connectivity index (χ2v) is 6.78. The summed E-state index contributed by atoms with van der Waals surface area (Å²) in [6.45, 7) is -0.459. The van der Waals surface area contributed by atoms with Gasteiger partial charge in [-0.1, -0.05) is 28.4 Å². The van der Waals surface area contributed by atoms with Crippen molar-refractivity contribution in [2.24, 2.45) is 5.16 Å². The highest BCUT2D eigenvalue weighted by Crippen LogP contribution is 2.30. The molecule has 0 saturated carbocycles. The third-order valence-electron chi connectivity index (χ3n) is 3.05. The lowest BCUT2D eigenvalue weighted by Crippen LogP contribution is -2.22. The van der Waals surface area contributed by atoms with E-state index in [1.807, 2.05) is 0 Å². The average molecular weight is 419 g/mol. The molecule has 11 heteroatoms. The van der Waals surface area contributed by atoms with Crippen LogP contribution in [0.2, 0.25) is 10.0 Å². The highest BCUT2D eigenvalue weighted by atomic mass is 35.5. The molecular weight excluding hydrogens is 406 g/mol. The minimum absolute atomic E-state index is 0.0699. The van der Waals surface area contributed by atoms with Gasteiger partial charge in [0.2, 0.25) is 5.96 Å². The molecule has 2 aromatic rings. The summed E-state index contributed by atoms with van der Waals surface area (Å²) in [5.41, 5.74) is 0.544. The predicted octanol–water partition coefficient (Wildman–Crippen LogP) is 5.23. The fourth-order valence-corrected chi connectivity index (χ4v) is 2.97. The Balaban J connectivity index is 2.16. The van der Waals surface area contributed by atoms with E-state index < -0.39 is 11.6 Å². The zero-order valence-corrected chi connectivity index (χ0v) is 15.4. The number of rotatable bonds is 6. The van der Waals surface area contributed by atoms with E-state index in [1.165, 1.54) is 30.0 Å². The van der Waals surface area contributed by atoms with Gasteiger partial charge in [0.05, 0.1) is 33.0 Å². The number of guanidine groups is 1. The first kappa shape index (κ1) is 20.1. The van der Waals surface area contributed by atoms with E-state index in [0.717, 1.165) is 4.90 Å². The number of nitro benzene ring substituents is 1. The molecule has 138 valence electrons. The number of hydrogen-bond acceptors (Lipinski definition) is 5. The minimum Gasteiger partial charge on any atom is -0.408 e. The highest BCUT2D eigenvalue weighted by molar-refractivity contribution is 7.99. The molecule has 26 heavy (non-hydrogen) atoms. The lowest BCUT2D eigenvalue weighted by atomic mass is 10.3. The normalized spacial score (nSPS) is 11.3. The third-order valence-corrected chi connectivity index (χ3v) is 4.64. The number of thioether (sulfide) groups is 1. The Morgan fingerprint density at radius 1 is 1.19 bits per heavy atom. The SMILES string of the molecule is O=[N+]([O-])c1ccc(N/C(=N\O)Nc2cc(SCCF)ccc2Cl)c(Cl)c1. The van der Waals surface area contributed by atoms with E-state index in [9.17, 15) is 19.7 Å². The van der Waals surface area contributed by atoms with Gasteiger partial charge in [0.1, 0.15) is 0 Å². The summed E-state index contributed by atoms with van der Waals surface area (Å²) in [5, 5.41) is 28.9. The molecule has 0 fully saturated rings. The van der Waals surface area contributed by atoms with Crippen LogP contribution in [-0.2, 0) is 0 Å². The summed E-state index contributed by atoms with van der Waals surface area (Å²) in [6, 6.07) is 8.84. The highest BCUT2D eigenvalue weighted by Gasteiger charge is 2.12. The van der Waals surface area contributed by atoms with Crippen LogP contribution >= 0.6 is 35.0 Å². The van der Waals surface area contributed by atoms with Gasteiger partial charge >= 0.3 is 0 Å². The number of anilines is 2. The van der Waals surface area contributed by atoms with E-state index in [-0.39, 0.29) is 22.4 Å².